The topological polar surface area (TPSA) is 71.8 Å². The van der Waals surface area contributed by atoms with E-state index in [1.807, 2.05) is 42.5 Å². The number of furan rings is 1. The molecule has 0 saturated carbocycles. The lowest BCUT2D eigenvalue weighted by molar-refractivity contribution is -0.130. The van der Waals surface area contributed by atoms with Crippen LogP contribution < -0.4 is 0 Å². The van der Waals surface area contributed by atoms with Gasteiger partial charge >= 0.3 is 0 Å². The Balaban J connectivity index is 1.36. The van der Waals surface area contributed by atoms with Crippen LogP contribution in [0.5, 0.6) is 0 Å². The molecular formula is C22H16ClN3O3S. The number of hydrogen-bond donors (Lipinski definition) is 0. The van der Waals surface area contributed by atoms with Gasteiger partial charge in [0.2, 0.25) is 0 Å². The summed E-state index contributed by atoms with van der Waals surface area (Å²) in [6.07, 6.45) is 2.20. The second kappa shape index (κ2) is 8.01. The van der Waals surface area contributed by atoms with E-state index in [2.05, 4.69) is 10.1 Å². The van der Waals surface area contributed by atoms with Crippen LogP contribution in [0, 0.1) is 0 Å². The number of carbonyl (C=O) groups excluding carboxylic acids is 1. The number of nitrogens with zero attached hydrogens (tertiary/aromatic N) is 3. The van der Waals surface area contributed by atoms with Gasteiger partial charge in [0.1, 0.15) is 17.0 Å². The Kier molecular flexibility index (Phi) is 5.06. The van der Waals surface area contributed by atoms with E-state index < -0.39 is 0 Å². The van der Waals surface area contributed by atoms with E-state index in [-0.39, 0.29) is 17.7 Å². The van der Waals surface area contributed by atoms with Crippen LogP contribution >= 0.6 is 23.4 Å². The normalized spacial score (nSPS) is 16.2. The van der Waals surface area contributed by atoms with Crippen LogP contribution in [-0.4, -0.2) is 27.4 Å². The van der Waals surface area contributed by atoms with Crippen molar-refractivity contribution in [3.05, 3.63) is 83.3 Å². The third-order valence-corrected chi connectivity index (χ3v) is 5.85. The molecular weight excluding hydrogens is 422 g/mol. The van der Waals surface area contributed by atoms with Crippen molar-refractivity contribution < 1.29 is 13.6 Å². The van der Waals surface area contributed by atoms with Gasteiger partial charge in [-0.05, 0) is 35.9 Å². The van der Waals surface area contributed by atoms with Gasteiger partial charge in [0.15, 0.2) is 5.58 Å². The predicted octanol–water partition coefficient (Wildman–Crippen LogP) is 5.54. The summed E-state index contributed by atoms with van der Waals surface area (Å²) in [6, 6.07) is 18.6. The number of carbonyl (C=O) groups is 1. The highest BCUT2D eigenvalue weighted by Gasteiger charge is 2.34. The fourth-order valence-electron chi connectivity index (χ4n) is 3.40. The molecule has 30 heavy (non-hydrogen) atoms. The van der Waals surface area contributed by atoms with Crippen LogP contribution in [0.1, 0.15) is 23.8 Å². The van der Waals surface area contributed by atoms with Crippen LogP contribution in [0.2, 0.25) is 5.02 Å². The highest BCUT2D eigenvalue weighted by molar-refractivity contribution is 7.99. The first-order valence-electron chi connectivity index (χ1n) is 9.34. The second-order valence-corrected chi connectivity index (χ2v) is 8.14. The Labute approximate surface area is 181 Å². The lowest BCUT2D eigenvalue weighted by atomic mass is 10.0. The number of hydrazone groups is 1. The van der Waals surface area contributed by atoms with E-state index in [1.54, 1.807) is 29.5 Å². The number of rotatable bonds is 5. The third kappa shape index (κ3) is 3.74. The van der Waals surface area contributed by atoms with E-state index >= 15 is 0 Å². The average Bonchev–Trinajstić information content (AvgIpc) is 3.51. The summed E-state index contributed by atoms with van der Waals surface area (Å²) in [6.45, 7) is 0. The van der Waals surface area contributed by atoms with Crippen molar-refractivity contribution in [3.8, 4) is 0 Å². The molecule has 4 aromatic rings. The molecule has 0 aliphatic carbocycles. The number of aromatic nitrogens is 1. The highest BCUT2D eigenvalue weighted by Crippen LogP contribution is 2.34. The molecule has 0 saturated heterocycles. The van der Waals surface area contributed by atoms with Crippen molar-refractivity contribution in [2.45, 2.75) is 17.7 Å². The van der Waals surface area contributed by atoms with Crippen LogP contribution in [0.15, 0.2) is 86.1 Å². The number of halogens is 1. The van der Waals surface area contributed by atoms with Crippen LogP contribution in [0.4, 0.5) is 0 Å². The van der Waals surface area contributed by atoms with Crippen LogP contribution in [-0.2, 0) is 4.79 Å². The Morgan fingerprint density at radius 2 is 2.03 bits per heavy atom. The molecule has 1 aliphatic rings. The summed E-state index contributed by atoms with van der Waals surface area (Å²) in [7, 11) is 0. The molecule has 0 N–H and O–H groups in total. The van der Waals surface area contributed by atoms with Crippen molar-refractivity contribution in [2.24, 2.45) is 5.10 Å². The zero-order chi connectivity index (χ0) is 20.5. The zero-order valence-corrected chi connectivity index (χ0v) is 17.3. The summed E-state index contributed by atoms with van der Waals surface area (Å²) in [4.78, 5) is 17.5. The summed E-state index contributed by atoms with van der Waals surface area (Å²) < 4.78 is 11.2. The largest absolute Gasteiger partial charge is 0.463 e. The molecule has 150 valence electrons. The molecule has 2 aromatic carbocycles. The molecule has 0 radical (unpaired) electrons. The van der Waals surface area contributed by atoms with Crippen molar-refractivity contribution in [1.29, 1.82) is 0 Å². The standard InChI is InChI=1S/C22H16ClN3O3S/c23-15-8-9-20-16(11-15)24-22(29-20)30-13-21(27)26-18(14-5-2-1-3-6-14)12-17(25-26)19-7-4-10-28-19/h1-11,18H,12-13H2/t18-/m1/s1. The molecule has 1 amide bonds. The monoisotopic (exact) mass is 437 g/mol. The van der Waals surface area contributed by atoms with E-state index in [0.29, 0.717) is 33.5 Å². The lowest BCUT2D eigenvalue weighted by Crippen LogP contribution is -2.28. The first-order valence-corrected chi connectivity index (χ1v) is 10.7. The zero-order valence-electron chi connectivity index (χ0n) is 15.7. The van der Waals surface area contributed by atoms with E-state index in [9.17, 15) is 4.79 Å². The molecule has 6 nitrogen and oxygen atoms in total. The van der Waals surface area contributed by atoms with E-state index in [1.165, 1.54) is 11.8 Å². The fraction of sp³-hybridized carbons (Fsp3) is 0.136. The van der Waals surface area contributed by atoms with Gasteiger partial charge in [-0.25, -0.2) is 9.99 Å². The van der Waals surface area contributed by atoms with Gasteiger partial charge in [-0.15, -0.1) is 0 Å². The van der Waals surface area contributed by atoms with Gasteiger partial charge in [0, 0.05) is 11.4 Å². The maximum Gasteiger partial charge on any atom is 0.257 e. The quantitative estimate of drug-likeness (QED) is 0.383. The van der Waals surface area contributed by atoms with Crippen molar-refractivity contribution >= 4 is 46.1 Å². The fourth-order valence-corrected chi connectivity index (χ4v) is 4.25. The molecule has 0 bridgehead atoms. The molecule has 3 heterocycles. The molecule has 0 unspecified atom stereocenters. The van der Waals surface area contributed by atoms with Crippen LogP contribution in [0.25, 0.3) is 11.1 Å². The number of hydrogen-bond acceptors (Lipinski definition) is 6. The van der Waals surface area contributed by atoms with Gasteiger partial charge in [-0.1, -0.05) is 53.7 Å². The molecule has 1 aliphatic heterocycles. The molecule has 0 spiro atoms. The minimum atomic E-state index is -0.179. The number of oxazole rings is 1. The molecule has 0 fully saturated rings. The minimum absolute atomic E-state index is 0.129. The summed E-state index contributed by atoms with van der Waals surface area (Å²) in [5.74, 6) is 0.698. The Hall–Kier alpha value is -3.03. The smallest absolute Gasteiger partial charge is 0.257 e. The number of fused-ring (bicyclic) bond motifs is 1. The van der Waals surface area contributed by atoms with Gasteiger partial charge in [-0.3, -0.25) is 4.79 Å². The van der Waals surface area contributed by atoms with Gasteiger partial charge in [0.05, 0.1) is 18.1 Å². The van der Waals surface area contributed by atoms with E-state index in [4.69, 9.17) is 20.4 Å². The molecule has 2 aromatic heterocycles. The predicted molar refractivity (Wildman–Crippen MR) is 116 cm³/mol. The maximum absolute atomic E-state index is 13.1. The number of benzene rings is 2. The van der Waals surface area contributed by atoms with Crippen molar-refractivity contribution in [1.82, 2.24) is 9.99 Å². The minimum Gasteiger partial charge on any atom is -0.463 e. The summed E-state index contributed by atoms with van der Waals surface area (Å²) in [5.41, 5.74) is 3.08. The Morgan fingerprint density at radius 1 is 1.17 bits per heavy atom. The SMILES string of the molecule is O=C(CSc1nc2cc(Cl)ccc2o1)N1N=C(c2ccco2)C[C@@H]1c1ccccc1. The molecule has 8 heteroatoms. The second-order valence-electron chi connectivity index (χ2n) is 6.77. The lowest BCUT2D eigenvalue weighted by Gasteiger charge is -2.21. The summed E-state index contributed by atoms with van der Waals surface area (Å²) in [5, 5.41) is 7.13. The molecule has 5 rings (SSSR count). The summed E-state index contributed by atoms with van der Waals surface area (Å²) >= 11 is 7.24. The van der Waals surface area contributed by atoms with Gasteiger partial charge in [0.25, 0.3) is 11.1 Å². The average molecular weight is 438 g/mol. The van der Waals surface area contributed by atoms with E-state index in [0.717, 1.165) is 11.3 Å². The molecule has 1 atom stereocenters. The highest BCUT2D eigenvalue weighted by atomic mass is 35.5. The number of thioether (sulfide) groups is 1. The van der Waals surface area contributed by atoms with Gasteiger partial charge < -0.3 is 8.83 Å². The van der Waals surface area contributed by atoms with Crippen LogP contribution in [0.3, 0.4) is 0 Å². The Morgan fingerprint density at radius 3 is 2.83 bits per heavy atom. The van der Waals surface area contributed by atoms with Crippen molar-refractivity contribution in [3.63, 3.8) is 0 Å². The number of amides is 1. The first kappa shape index (κ1) is 19.0. The first-order chi connectivity index (χ1) is 14.7. The third-order valence-electron chi connectivity index (χ3n) is 4.80. The van der Waals surface area contributed by atoms with Crippen molar-refractivity contribution in [2.75, 3.05) is 5.75 Å². The van der Waals surface area contributed by atoms with Gasteiger partial charge in [-0.2, -0.15) is 5.10 Å². The maximum atomic E-state index is 13.1. The Bertz CT molecular complexity index is 1220.